The van der Waals surface area contributed by atoms with Gasteiger partial charge in [-0.3, -0.25) is 9.20 Å². The number of para-hydroxylation sites is 2. The van der Waals surface area contributed by atoms with Crippen LogP contribution in [0.3, 0.4) is 0 Å². The minimum Gasteiger partial charge on any atom is -0.369 e. The van der Waals surface area contributed by atoms with E-state index in [1.807, 2.05) is 52.9 Å². The average molecular weight is 317 g/mol. The Balaban J connectivity index is 1.73. The van der Waals surface area contributed by atoms with E-state index >= 15 is 0 Å². The summed E-state index contributed by atoms with van der Waals surface area (Å²) in [6, 6.07) is 15.5. The summed E-state index contributed by atoms with van der Waals surface area (Å²) in [4.78, 5) is 19.9. The van der Waals surface area contributed by atoms with E-state index < -0.39 is 0 Å². The van der Waals surface area contributed by atoms with Crippen LogP contribution in [-0.2, 0) is 11.2 Å². The maximum atomic E-state index is 11.0. The molecule has 2 heterocycles. The normalized spacial score (nSPS) is 11.0. The zero-order valence-electron chi connectivity index (χ0n) is 12.8. The summed E-state index contributed by atoms with van der Waals surface area (Å²) in [6.45, 7) is 0. The lowest BCUT2D eigenvalue weighted by Crippen LogP contribution is -2.13. The molecule has 118 valence electrons. The number of hydrogen-bond donors (Lipinski definition) is 2. The Morgan fingerprint density at radius 2 is 1.88 bits per heavy atom. The summed E-state index contributed by atoms with van der Waals surface area (Å²) in [5.74, 6) is 0.390. The second-order valence-corrected chi connectivity index (χ2v) is 5.56. The number of carbonyl (C=O) groups excluding carboxylic acids is 1. The lowest BCUT2D eigenvalue weighted by molar-refractivity contribution is -0.117. The molecule has 4 aromatic rings. The first-order chi connectivity index (χ1) is 11.7. The van der Waals surface area contributed by atoms with Crippen molar-refractivity contribution in [2.24, 2.45) is 5.73 Å². The third-order valence-electron chi connectivity index (χ3n) is 3.85. The number of imidazole rings is 1. The largest absolute Gasteiger partial charge is 0.369 e. The summed E-state index contributed by atoms with van der Waals surface area (Å²) in [7, 11) is 0. The number of nitrogens with zero attached hydrogens (tertiary/aromatic N) is 3. The fraction of sp³-hybridized carbons (Fsp3) is 0.0556. The standard InChI is InChI=1S/C18H15N5O/c19-17(24)9-12-5-7-13(8-6-12)21-18-16-10-20-11-23(16)15-4-2-1-3-14(15)22-18/h1-8,10-11H,9H2,(H2,19,24)(H,21,22). The number of carbonyl (C=O) groups is 1. The molecule has 3 N–H and O–H groups in total. The first-order valence-corrected chi connectivity index (χ1v) is 7.56. The molecule has 6 heteroatoms. The molecule has 0 bridgehead atoms. The van der Waals surface area contributed by atoms with E-state index in [-0.39, 0.29) is 12.3 Å². The van der Waals surface area contributed by atoms with Crippen molar-refractivity contribution in [2.75, 3.05) is 5.32 Å². The van der Waals surface area contributed by atoms with Gasteiger partial charge in [-0.15, -0.1) is 0 Å². The van der Waals surface area contributed by atoms with Gasteiger partial charge < -0.3 is 11.1 Å². The van der Waals surface area contributed by atoms with E-state index in [0.29, 0.717) is 0 Å². The van der Waals surface area contributed by atoms with Gasteiger partial charge in [0.25, 0.3) is 0 Å². The maximum absolute atomic E-state index is 11.0. The van der Waals surface area contributed by atoms with Gasteiger partial charge in [-0.1, -0.05) is 24.3 Å². The molecule has 2 aromatic carbocycles. The van der Waals surface area contributed by atoms with E-state index in [1.54, 1.807) is 12.5 Å². The first-order valence-electron chi connectivity index (χ1n) is 7.56. The van der Waals surface area contributed by atoms with Crippen LogP contribution in [0, 0.1) is 0 Å². The van der Waals surface area contributed by atoms with Gasteiger partial charge in [0.1, 0.15) is 5.52 Å². The molecule has 0 saturated heterocycles. The Morgan fingerprint density at radius 1 is 1.08 bits per heavy atom. The van der Waals surface area contributed by atoms with Gasteiger partial charge >= 0.3 is 0 Å². The number of benzene rings is 2. The van der Waals surface area contributed by atoms with E-state index in [9.17, 15) is 4.79 Å². The zero-order valence-corrected chi connectivity index (χ0v) is 12.8. The number of primary amides is 1. The third kappa shape index (κ3) is 2.54. The molecule has 0 saturated carbocycles. The molecule has 0 radical (unpaired) electrons. The van der Waals surface area contributed by atoms with Gasteiger partial charge in [-0.2, -0.15) is 0 Å². The van der Waals surface area contributed by atoms with Crippen molar-refractivity contribution in [3.8, 4) is 0 Å². The Labute approximate surface area is 138 Å². The zero-order chi connectivity index (χ0) is 16.5. The fourth-order valence-corrected chi connectivity index (χ4v) is 2.74. The van der Waals surface area contributed by atoms with Gasteiger partial charge in [-0.05, 0) is 29.8 Å². The van der Waals surface area contributed by atoms with Gasteiger partial charge in [0.15, 0.2) is 5.82 Å². The highest BCUT2D eigenvalue weighted by atomic mass is 16.1. The number of nitrogens with two attached hydrogens (primary N) is 1. The molecule has 0 spiro atoms. The van der Waals surface area contributed by atoms with Crippen molar-refractivity contribution in [2.45, 2.75) is 6.42 Å². The molecule has 6 nitrogen and oxygen atoms in total. The van der Waals surface area contributed by atoms with E-state index in [1.165, 1.54) is 0 Å². The van der Waals surface area contributed by atoms with Crippen LogP contribution in [0.25, 0.3) is 16.6 Å². The van der Waals surface area contributed by atoms with Gasteiger partial charge in [-0.25, -0.2) is 9.97 Å². The van der Waals surface area contributed by atoms with Crippen LogP contribution in [0.4, 0.5) is 11.5 Å². The van der Waals surface area contributed by atoms with Crippen LogP contribution in [0.15, 0.2) is 61.1 Å². The smallest absolute Gasteiger partial charge is 0.221 e. The third-order valence-corrected chi connectivity index (χ3v) is 3.85. The summed E-state index contributed by atoms with van der Waals surface area (Å²) >= 11 is 0. The molecule has 0 aliphatic rings. The van der Waals surface area contributed by atoms with Crippen LogP contribution in [-0.4, -0.2) is 20.3 Å². The molecule has 0 unspecified atom stereocenters. The highest BCUT2D eigenvalue weighted by Gasteiger charge is 2.09. The van der Waals surface area contributed by atoms with Crippen molar-refractivity contribution in [1.82, 2.24) is 14.4 Å². The van der Waals surface area contributed by atoms with Crippen LogP contribution in [0.1, 0.15) is 5.56 Å². The molecule has 0 aliphatic heterocycles. The molecule has 0 atom stereocenters. The number of amides is 1. The Bertz CT molecular complexity index is 1040. The summed E-state index contributed by atoms with van der Waals surface area (Å²) in [5, 5.41) is 3.32. The predicted octanol–water partition coefficient (Wildman–Crippen LogP) is 2.65. The highest BCUT2D eigenvalue weighted by Crippen LogP contribution is 2.24. The lowest BCUT2D eigenvalue weighted by atomic mass is 10.1. The van der Waals surface area contributed by atoms with E-state index in [0.717, 1.165) is 33.6 Å². The van der Waals surface area contributed by atoms with Gasteiger partial charge in [0.05, 0.1) is 30.0 Å². The number of rotatable bonds is 4. The Hall–Kier alpha value is -3.41. The summed E-state index contributed by atoms with van der Waals surface area (Å²) in [6.07, 6.45) is 3.80. The predicted molar refractivity (Wildman–Crippen MR) is 93.1 cm³/mol. The van der Waals surface area contributed by atoms with Crippen LogP contribution < -0.4 is 11.1 Å². The van der Waals surface area contributed by atoms with Crippen LogP contribution in [0.5, 0.6) is 0 Å². The minimum atomic E-state index is -0.340. The van der Waals surface area contributed by atoms with Crippen molar-refractivity contribution >= 4 is 34.0 Å². The van der Waals surface area contributed by atoms with Crippen molar-refractivity contribution in [1.29, 1.82) is 0 Å². The van der Waals surface area contributed by atoms with Crippen molar-refractivity contribution in [3.63, 3.8) is 0 Å². The lowest BCUT2D eigenvalue weighted by Gasteiger charge is -2.10. The van der Waals surface area contributed by atoms with Gasteiger partial charge in [0.2, 0.25) is 5.91 Å². The van der Waals surface area contributed by atoms with Crippen LogP contribution in [0.2, 0.25) is 0 Å². The Morgan fingerprint density at radius 3 is 2.67 bits per heavy atom. The second kappa shape index (κ2) is 5.66. The van der Waals surface area contributed by atoms with Crippen LogP contribution >= 0.6 is 0 Å². The molecular formula is C18H15N5O. The molecule has 0 aliphatic carbocycles. The Kier molecular flexibility index (Phi) is 3.35. The molecule has 2 aromatic heterocycles. The molecular weight excluding hydrogens is 302 g/mol. The number of hydrogen-bond acceptors (Lipinski definition) is 4. The number of anilines is 2. The van der Waals surface area contributed by atoms with Crippen molar-refractivity contribution < 1.29 is 4.79 Å². The van der Waals surface area contributed by atoms with E-state index in [2.05, 4.69) is 10.3 Å². The number of nitrogens with one attached hydrogen (secondary N) is 1. The monoisotopic (exact) mass is 317 g/mol. The number of aromatic nitrogens is 3. The summed E-state index contributed by atoms with van der Waals surface area (Å²) < 4.78 is 2.01. The molecule has 24 heavy (non-hydrogen) atoms. The average Bonchev–Trinajstić information content (AvgIpc) is 3.06. The second-order valence-electron chi connectivity index (χ2n) is 5.56. The quantitative estimate of drug-likeness (QED) is 0.606. The fourth-order valence-electron chi connectivity index (χ4n) is 2.74. The van der Waals surface area contributed by atoms with E-state index in [4.69, 9.17) is 10.7 Å². The SMILES string of the molecule is NC(=O)Cc1ccc(Nc2nc3ccccc3n3cncc23)cc1. The van der Waals surface area contributed by atoms with Crippen molar-refractivity contribution in [3.05, 3.63) is 66.6 Å². The minimum absolute atomic E-state index is 0.237. The maximum Gasteiger partial charge on any atom is 0.221 e. The molecule has 4 rings (SSSR count). The first kappa shape index (κ1) is 14.2. The highest BCUT2D eigenvalue weighted by molar-refractivity contribution is 5.85. The summed E-state index contributed by atoms with van der Waals surface area (Å²) in [5.41, 5.74) is 9.77. The topological polar surface area (TPSA) is 85.3 Å². The van der Waals surface area contributed by atoms with Gasteiger partial charge in [0, 0.05) is 5.69 Å². The molecule has 0 fully saturated rings. The number of fused-ring (bicyclic) bond motifs is 3. The molecule has 1 amide bonds.